The van der Waals surface area contributed by atoms with Crippen LogP contribution >= 0.6 is 0 Å². The molecule has 1 aromatic carbocycles. The van der Waals surface area contributed by atoms with E-state index in [1.165, 1.54) is 6.07 Å². The number of carbonyl (C=O) groups is 2. The van der Waals surface area contributed by atoms with Crippen molar-refractivity contribution in [2.75, 3.05) is 18.0 Å². The highest BCUT2D eigenvalue weighted by atomic mass is 16.4. The van der Waals surface area contributed by atoms with Gasteiger partial charge in [0.25, 0.3) is 0 Å². The van der Waals surface area contributed by atoms with E-state index in [2.05, 4.69) is 10.2 Å². The number of nitrogens with one attached hydrogen (secondary N) is 1. The zero-order valence-electron chi connectivity index (χ0n) is 13.0. The molecule has 23 heavy (non-hydrogen) atoms. The number of rotatable bonds is 4. The molecule has 0 saturated carbocycles. The van der Waals surface area contributed by atoms with Crippen LogP contribution in [0.2, 0.25) is 0 Å². The summed E-state index contributed by atoms with van der Waals surface area (Å²) in [6, 6.07) is 9.06. The third kappa shape index (κ3) is 2.77. The number of hydrogen-bond acceptors (Lipinski definition) is 3. The Bertz CT molecular complexity index is 736. The first-order valence-electron chi connectivity index (χ1n) is 7.44. The Kier molecular flexibility index (Phi) is 3.77. The van der Waals surface area contributed by atoms with Crippen LogP contribution in [0.4, 0.5) is 10.5 Å². The molecule has 0 unspecified atom stereocenters. The number of hydrogen-bond donors (Lipinski definition) is 2. The fourth-order valence-electron chi connectivity index (χ4n) is 2.66. The van der Waals surface area contributed by atoms with Crippen LogP contribution in [0.5, 0.6) is 0 Å². The molecule has 0 radical (unpaired) electrons. The number of urea groups is 1. The molecule has 2 aromatic rings. The molecule has 0 atom stereocenters. The largest absolute Gasteiger partial charge is 0.477 e. The van der Waals surface area contributed by atoms with Gasteiger partial charge >= 0.3 is 12.0 Å². The number of H-pyrrole nitrogens is 1. The number of amides is 2. The van der Waals surface area contributed by atoms with Gasteiger partial charge in [0.1, 0.15) is 5.69 Å². The Hall–Kier alpha value is -2.83. The third-order valence-corrected chi connectivity index (χ3v) is 3.95. The summed E-state index contributed by atoms with van der Waals surface area (Å²) >= 11 is 0. The molecule has 1 aliphatic rings. The molecule has 120 valence electrons. The van der Waals surface area contributed by atoms with Crippen molar-refractivity contribution >= 4 is 17.7 Å². The first-order valence-corrected chi connectivity index (χ1v) is 7.44. The Morgan fingerprint density at radius 2 is 1.96 bits per heavy atom. The van der Waals surface area contributed by atoms with Crippen molar-refractivity contribution in [1.29, 1.82) is 0 Å². The average Bonchev–Trinajstić information content (AvgIpc) is 3.14. The number of aromatic nitrogens is 2. The fourth-order valence-corrected chi connectivity index (χ4v) is 2.66. The van der Waals surface area contributed by atoms with Gasteiger partial charge in [-0.05, 0) is 32.0 Å². The number of carboxylic acid groups (broad SMARTS) is 1. The summed E-state index contributed by atoms with van der Waals surface area (Å²) in [5.74, 6) is -1.04. The maximum absolute atomic E-state index is 12.3. The molecule has 2 heterocycles. The summed E-state index contributed by atoms with van der Waals surface area (Å²) in [6.07, 6.45) is 0. The van der Waals surface area contributed by atoms with E-state index in [1.807, 2.05) is 43.0 Å². The van der Waals surface area contributed by atoms with Crippen LogP contribution < -0.4 is 4.90 Å². The fraction of sp³-hybridized carbons (Fsp3) is 0.312. The predicted octanol–water partition coefficient (Wildman–Crippen LogP) is 2.43. The molecule has 0 aliphatic carbocycles. The third-order valence-electron chi connectivity index (χ3n) is 3.95. The van der Waals surface area contributed by atoms with Gasteiger partial charge in [0.15, 0.2) is 0 Å². The number of nitrogens with zero attached hydrogens (tertiary/aromatic N) is 3. The van der Waals surface area contributed by atoms with E-state index in [9.17, 15) is 9.59 Å². The van der Waals surface area contributed by atoms with Crippen LogP contribution in [-0.4, -0.2) is 51.3 Å². The summed E-state index contributed by atoms with van der Waals surface area (Å²) in [6.45, 7) is 5.39. The number of aromatic carboxylic acids is 1. The lowest BCUT2D eigenvalue weighted by atomic mass is 10.1. The van der Waals surface area contributed by atoms with Crippen molar-refractivity contribution in [1.82, 2.24) is 15.1 Å². The van der Waals surface area contributed by atoms with Gasteiger partial charge in [0.05, 0.1) is 5.69 Å². The van der Waals surface area contributed by atoms with Crippen LogP contribution in [0.3, 0.4) is 0 Å². The minimum Gasteiger partial charge on any atom is -0.477 e. The van der Waals surface area contributed by atoms with Crippen molar-refractivity contribution in [3.63, 3.8) is 0 Å². The van der Waals surface area contributed by atoms with Crippen LogP contribution in [0.25, 0.3) is 11.3 Å². The van der Waals surface area contributed by atoms with E-state index in [1.54, 1.807) is 4.90 Å². The summed E-state index contributed by atoms with van der Waals surface area (Å²) < 4.78 is 0. The van der Waals surface area contributed by atoms with Gasteiger partial charge in [-0.15, -0.1) is 0 Å². The number of aromatic amines is 1. The van der Waals surface area contributed by atoms with Gasteiger partial charge in [0.2, 0.25) is 0 Å². The lowest BCUT2D eigenvalue weighted by Gasteiger charge is -2.21. The molecular weight excluding hydrogens is 296 g/mol. The zero-order valence-corrected chi connectivity index (χ0v) is 13.0. The van der Waals surface area contributed by atoms with E-state index < -0.39 is 5.97 Å². The molecule has 2 amide bonds. The normalized spacial score (nSPS) is 14.8. The summed E-state index contributed by atoms with van der Waals surface area (Å²) in [5, 5.41) is 15.4. The Balaban J connectivity index is 1.79. The van der Waals surface area contributed by atoms with Crippen LogP contribution in [0.15, 0.2) is 30.3 Å². The van der Waals surface area contributed by atoms with Crippen LogP contribution in [0, 0.1) is 0 Å². The highest BCUT2D eigenvalue weighted by Crippen LogP contribution is 2.25. The predicted molar refractivity (Wildman–Crippen MR) is 85.6 cm³/mol. The second-order valence-corrected chi connectivity index (χ2v) is 5.74. The topological polar surface area (TPSA) is 89.5 Å². The standard InChI is InChI=1S/C16H18N4O3/c1-10(2)19-7-8-20(16(19)23)12-5-3-11(4-6-12)13-9-14(15(21)22)18-17-13/h3-6,9-10H,7-8H2,1-2H3,(H,17,18)(H,21,22). The van der Waals surface area contributed by atoms with Crippen LogP contribution in [-0.2, 0) is 0 Å². The molecule has 1 saturated heterocycles. The van der Waals surface area contributed by atoms with Crippen molar-refractivity contribution < 1.29 is 14.7 Å². The molecule has 1 aromatic heterocycles. The highest BCUT2D eigenvalue weighted by Gasteiger charge is 2.30. The lowest BCUT2D eigenvalue weighted by molar-refractivity contribution is 0.0690. The summed E-state index contributed by atoms with van der Waals surface area (Å²) in [7, 11) is 0. The maximum atomic E-state index is 12.3. The summed E-state index contributed by atoms with van der Waals surface area (Å²) in [4.78, 5) is 26.8. The molecule has 1 fully saturated rings. The summed E-state index contributed by atoms with van der Waals surface area (Å²) in [5.41, 5.74) is 2.23. The second kappa shape index (κ2) is 5.75. The highest BCUT2D eigenvalue weighted by molar-refractivity contribution is 5.94. The van der Waals surface area contributed by atoms with Crippen molar-refractivity contribution in [2.24, 2.45) is 0 Å². The molecule has 7 heteroatoms. The van der Waals surface area contributed by atoms with Gasteiger partial charge in [-0.25, -0.2) is 9.59 Å². The Morgan fingerprint density at radius 1 is 1.26 bits per heavy atom. The van der Waals surface area contributed by atoms with E-state index in [-0.39, 0.29) is 17.8 Å². The molecular formula is C16H18N4O3. The van der Waals surface area contributed by atoms with E-state index in [0.29, 0.717) is 12.2 Å². The molecule has 0 bridgehead atoms. The molecule has 0 spiro atoms. The van der Waals surface area contributed by atoms with Crippen molar-refractivity contribution in [2.45, 2.75) is 19.9 Å². The minimum absolute atomic E-state index is 0.0145. The van der Waals surface area contributed by atoms with Gasteiger partial charge in [0, 0.05) is 30.4 Å². The molecule has 7 nitrogen and oxygen atoms in total. The van der Waals surface area contributed by atoms with Gasteiger partial charge in [-0.1, -0.05) is 12.1 Å². The molecule has 2 N–H and O–H groups in total. The molecule has 1 aliphatic heterocycles. The van der Waals surface area contributed by atoms with E-state index in [0.717, 1.165) is 17.8 Å². The zero-order chi connectivity index (χ0) is 16.6. The minimum atomic E-state index is -1.04. The van der Waals surface area contributed by atoms with E-state index in [4.69, 9.17) is 5.11 Å². The first kappa shape index (κ1) is 15.1. The number of benzene rings is 1. The average molecular weight is 314 g/mol. The lowest BCUT2D eigenvalue weighted by Crippen LogP contribution is -2.36. The first-order chi connectivity index (χ1) is 11.0. The second-order valence-electron chi connectivity index (χ2n) is 5.74. The number of anilines is 1. The number of carboxylic acids is 1. The van der Waals surface area contributed by atoms with Gasteiger partial charge in [-0.2, -0.15) is 5.10 Å². The molecule has 3 rings (SSSR count). The monoisotopic (exact) mass is 314 g/mol. The SMILES string of the molecule is CC(C)N1CCN(c2ccc(-c3cc(C(=O)O)[nH]n3)cc2)C1=O. The van der Waals surface area contributed by atoms with Gasteiger partial charge < -0.3 is 10.0 Å². The van der Waals surface area contributed by atoms with Crippen LogP contribution in [0.1, 0.15) is 24.3 Å². The van der Waals surface area contributed by atoms with E-state index >= 15 is 0 Å². The quantitative estimate of drug-likeness (QED) is 0.907. The van der Waals surface area contributed by atoms with Crippen molar-refractivity contribution in [3.8, 4) is 11.3 Å². The smallest absolute Gasteiger partial charge is 0.353 e. The van der Waals surface area contributed by atoms with Gasteiger partial charge in [-0.3, -0.25) is 10.00 Å². The van der Waals surface area contributed by atoms with Crippen molar-refractivity contribution in [3.05, 3.63) is 36.0 Å². The number of carbonyl (C=O) groups excluding carboxylic acids is 1. The Morgan fingerprint density at radius 3 is 2.48 bits per heavy atom. The maximum Gasteiger partial charge on any atom is 0.353 e. The Labute approximate surface area is 133 Å².